The molecule has 1 unspecified atom stereocenters. The van der Waals surface area contributed by atoms with Crippen LogP contribution in [0.2, 0.25) is 0 Å². The zero-order valence-corrected chi connectivity index (χ0v) is 9.77. The van der Waals surface area contributed by atoms with Gasteiger partial charge in [-0.15, -0.1) is 0 Å². The van der Waals surface area contributed by atoms with E-state index in [1.165, 1.54) is 6.07 Å². The lowest BCUT2D eigenvalue weighted by molar-refractivity contribution is 0.163. The third-order valence-corrected chi connectivity index (χ3v) is 3.00. The Bertz CT molecular complexity index is 291. The number of thioether (sulfide) groups is 1. The second-order valence-electron chi connectivity index (χ2n) is 3.58. The van der Waals surface area contributed by atoms with Crippen LogP contribution in [0.25, 0.3) is 0 Å². The van der Waals surface area contributed by atoms with Crippen LogP contribution in [-0.2, 0) is 6.42 Å². The molecule has 0 fully saturated rings. The number of hydrogen-bond acceptors (Lipinski definition) is 2. The molecule has 0 aromatic heterocycles. The molecule has 1 aromatic carbocycles. The first-order chi connectivity index (χ1) is 7.24. The molecule has 1 N–H and O–H groups in total. The van der Waals surface area contributed by atoms with Gasteiger partial charge in [-0.2, -0.15) is 11.8 Å². The summed E-state index contributed by atoms with van der Waals surface area (Å²) in [6, 6.07) is 6.63. The van der Waals surface area contributed by atoms with Crippen molar-refractivity contribution in [2.24, 2.45) is 0 Å². The quantitative estimate of drug-likeness (QED) is 0.755. The average Bonchev–Trinajstić information content (AvgIpc) is 2.22. The Morgan fingerprint density at radius 2 is 2.13 bits per heavy atom. The predicted molar refractivity (Wildman–Crippen MR) is 63.7 cm³/mol. The molecule has 1 rings (SSSR count). The van der Waals surface area contributed by atoms with E-state index in [1.807, 2.05) is 6.26 Å². The van der Waals surface area contributed by atoms with E-state index in [1.54, 1.807) is 30.0 Å². The van der Waals surface area contributed by atoms with Crippen LogP contribution in [0.15, 0.2) is 24.3 Å². The topological polar surface area (TPSA) is 20.2 Å². The van der Waals surface area contributed by atoms with Crippen molar-refractivity contribution in [3.8, 4) is 0 Å². The molecule has 0 radical (unpaired) electrons. The van der Waals surface area contributed by atoms with Gasteiger partial charge in [0.25, 0.3) is 0 Å². The predicted octanol–water partition coefficient (Wildman–Crippen LogP) is 2.87. The first kappa shape index (κ1) is 12.5. The smallest absolute Gasteiger partial charge is 0.126 e. The van der Waals surface area contributed by atoms with Crippen molar-refractivity contribution >= 4 is 11.8 Å². The number of benzene rings is 1. The minimum absolute atomic E-state index is 0.221. The van der Waals surface area contributed by atoms with E-state index in [0.717, 1.165) is 18.6 Å². The van der Waals surface area contributed by atoms with Crippen LogP contribution in [0.3, 0.4) is 0 Å². The summed E-state index contributed by atoms with van der Waals surface area (Å²) in [4.78, 5) is 0. The van der Waals surface area contributed by atoms with Gasteiger partial charge >= 0.3 is 0 Å². The zero-order chi connectivity index (χ0) is 11.1. The molecule has 3 heteroatoms. The molecule has 0 amide bonds. The molecule has 0 saturated heterocycles. The maximum Gasteiger partial charge on any atom is 0.126 e. The van der Waals surface area contributed by atoms with Crippen molar-refractivity contribution in [1.82, 2.24) is 0 Å². The first-order valence-corrected chi connectivity index (χ1v) is 6.54. The van der Waals surface area contributed by atoms with Crippen LogP contribution < -0.4 is 0 Å². The van der Waals surface area contributed by atoms with Crippen LogP contribution in [0.1, 0.15) is 18.4 Å². The van der Waals surface area contributed by atoms with Gasteiger partial charge in [-0.1, -0.05) is 18.2 Å². The third kappa shape index (κ3) is 4.67. The highest BCUT2D eigenvalue weighted by Gasteiger charge is 2.08. The summed E-state index contributed by atoms with van der Waals surface area (Å²) in [6.07, 6.45) is 3.77. The van der Waals surface area contributed by atoms with E-state index in [2.05, 4.69) is 0 Å². The lowest BCUT2D eigenvalue weighted by atomic mass is 10.0. The number of rotatable bonds is 6. The monoisotopic (exact) mass is 228 g/mol. The summed E-state index contributed by atoms with van der Waals surface area (Å²) in [6.45, 7) is 0. The highest BCUT2D eigenvalue weighted by molar-refractivity contribution is 7.98. The molecule has 0 bridgehead atoms. The summed E-state index contributed by atoms with van der Waals surface area (Å²) >= 11 is 1.77. The Balaban J connectivity index is 2.37. The normalized spacial score (nSPS) is 12.7. The van der Waals surface area contributed by atoms with Crippen molar-refractivity contribution < 1.29 is 9.50 Å². The third-order valence-electron chi connectivity index (χ3n) is 2.30. The van der Waals surface area contributed by atoms with E-state index in [9.17, 15) is 9.50 Å². The second kappa shape index (κ2) is 6.85. The number of aliphatic hydroxyl groups is 1. The largest absolute Gasteiger partial charge is 0.393 e. The highest BCUT2D eigenvalue weighted by Crippen LogP contribution is 2.12. The summed E-state index contributed by atoms with van der Waals surface area (Å²) < 4.78 is 13.2. The van der Waals surface area contributed by atoms with Crippen molar-refractivity contribution in [2.75, 3.05) is 12.0 Å². The van der Waals surface area contributed by atoms with Gasteiger partial charge in [-0.3, -0.25) is 0 Å². The molecular weight excluding hydrogens is 211 g/mol. The molecule has 0 saturated carbocycles. The Morgan fingerprint density at radius 3 is 2.80 bits per heavy atom. The lowest BCUT2D eigenvalue weighted by Gasteiger charge is -2.10. The van der Waals surface area contributed by atoms with E-state index in [4.69, 9.17) is 0 Å². The highest BCUT2D eigenvalue weighted by atomic mass is 32.2. The fraction of sp³-hybridized carbons (Fsp3) is 0.500. The Hall–Kier alpha value is -0.540. The Morgan fingerprint density at radius 1 is 1.40 bits per heavy atom. The molecule has 0 heterocycles. The van der Waals surface area contributed by atoms with Crippen molar-refractivity contribution in [3.05, 3.63) is 35.6 Å². The molecule has 1 nitrogen and oxygen atoms in total. The van der Waals surface area contributed by atoms with Gasteiger partial charge in [0.15, 0.2) is 0 Å². The van der Waals surface area contributed by atoms with Gasteiger partial charge in [0.1, 0.15) is 5.82 Å². The Labute approximate surface area is 94.7 Å². The molecule has 0 spiro atoms. The van der Waals surface area contributed by atoms with Crippen molar-refractivity contribution in [3.63, 3.8) is 0 Å². The number of halogens is 1. The summed E-state index contributed by atoms with van der Waals surface area (Å²) in [5, 5.41) is 9.68. The van der Waals surface area contributed by atoms with Gasteiger partial charge in [0.2, 0.25) is 0 Å². The van der Waals surface area contributed by atoms with Crippen LogP contribution >= 0.6 is 11.8 Å². The van der Waals surface area contributed by atoms with Gasteiger partial charge in [0, 0.05) is 6.42 Å². The fourth-order valence-corrected chi connectivity index (χ4v) is 1.94. The molecule has 0 aliphatic rings. The van der Waals surface area contributed by atoms with Crippen molar-refractivity contribution in [1.29, 1.82) is 0 Å². The van der Waals surface area contributed by atoms with Crippen LogP contribution in [0, 0.1) is 5.82 Å². The minimum Gasteiger partial charge on any atom is -0.393 e. The molecule has 1 aromatic rings. The SMILES string of the molecule is CSCCCC(O)Cc1ccccc1F. The maximum atomic E-state index is 13.2. The summed E-state index contributed by atoms with van der Waals surface area (Å²) in [5.74, 6) is 0.829. The van der Waals surface area contributed by atoms with Gasteiger partial charge < -0.3 is 5.11 Å². The standard InChI is InChI=1S/C12H17FOS/c1-15-8-4-6-11(14)9-10-5-2-3-7-12(10)13/h2-3,5,7,11,14H,4,6,8-9H2,1H3. The van der Waals surface area contributed by atoms with Crippen LogP contribution in [0.5, 0.6) is 0 Å². The van der Waals surface area contributed by atoms with Crippen molar-refractivity contribution in [2.45, 2.75) is 25.4 Å². The average molecular weight is 228 g/mol. The number of hydrogen-bond donors (Lipinski definition) is 1. The van der Waals surface area contributed by atoms with E-state index in [-0.39, 0.29) is 5.82 Å². The maximum absolute atomic E-state index is 13.2. The summed E-state index contributed by atoms with van der Waals surface area (Å²) in [5.41, 5.74) is 0.606. The van der Waals surface area contributed by atoms with Gasteiger partial charge in [-0.05, 0) is 36.5 Å². The van der Waals surface area contributed by atoms with Crippen LogP contribution in [0.4, 0.5) is 4.39 Å². The lowest BCUT2D eigenvalue weighted by Crippen LogP contribution is -2.11. The second-order valence-corrected chi connectivity index (χ2v) is 4.57. The molecule has 84 valence electrons. The van der Waals surface area contributed by atoms with Gasteiger partial charge in [-0.25, -0.2) is 4.39 Å². The zero-order valence-electron chi connectivity index (χ0n) is 8.95. The molecule has 1 atom stereocenters. The van der Waals surface area contributed by atoms with E-state index in [0.29, 0.717) is 12.0 Å². The minimum atomic E-state index is -0.422. The Kier molecular flexibility index (Phi) is 5.73. The summed E-state index contributed by atoms with van der Waals surface area (Å²) in [7, 11) is 0. The van der Waals surface area contributed by atoms with E-state index >= 15 is 0 Å². The van der Waals surface area contributed by atoms with E-state index < -0.39 is 6.10 Å². The molecule has 0 aliphatic carbocycles. The molecule has 15 heavy (non-hydrogen) atoms. The van der Waals surface area contributed by atoms with Crippen LogP contribution in [-0.4, -0.2) is 23.2 Å². The first-order valence-electron chi connectivity index (χ1n) is 5.14. The molecular formula is C12H17FOS. The number of aliphatic hydroxyl groups excluding tert-OH is 1. The fourth-order valence-electron chi connectivity index (χ4n) is 1.48. The van der Waals surface area contributed by atoms with Gasteiger partial charge in [0.05, 0.1) is 6.10 Å². The molecule has 0 aliphatic heterocycles.